The Bertz CT molecular complexity index is 675. The van der Waals surface area contributed by atoms with Gasteiger partial charge in [-0.05, 0) is 31.5 Å². The van der Waals surface area contributed by atoms with Crippen molar-refractivity contribution in [1.29, 1.82) is 0 Å². The molecule has 1 aliphatic heterocycles. The first-order chi connectivity index (χ1) is 11.0. The summed E-state index contributed by atoms with van der Waals surface area (Å²) in [6.45, 7) is 7.05. The van der Waals surface area contributed by atoms with E-state index in [-0.39, 0.29) is 5.91 Å². The van der Waals surface area contributed by atoms with E-state index < -0.39 is 0 Å². The monoisotopic (exact) mass is 333 g/mol. The highest BCUT2D eigenvalue weighted by atomic mass is 35.5. The third-order valence-electron chi connectivity index (χ3n) is 4.34. The van der Waals surface area contributed by atoms with Gasteiger partial charge in [-0.2, -0.15) is 0 Å². The molecule has 1 aromatic heterocycles. The highest BCUT2D eigenvalue weighted by Crippen LogP contribution is 2.23. The molecule has 1 amide bonds. The van der Waals surface area contributed by atoms with Crippen LogP contribution in [0.25, 0.3) is 0 Å². The molecule has 1 aromatic carbocycles. The van der Waals surface area contributed by atoms with Gasteiger partial charge in [-0.3, -0.25) is 9.69 Å². The number of piperazine rings is 1. The Kier molecular flexibility index (Phi) is 4.68. The van der Waals surface area contributed by atoms with Crippen molar-refractivity contribution in [2.75, 3.05) is 26.2 Å². The van der Waals surface area contributed by atoms with Gasteiger partial charge in [0, 0.05) is 43.3 Å². The van der Waals surface area contributed by atoms with Crippen LogP contribution in [0.5, 0.6) is 0 Å². The van der Waals surface area contributed by atoms with E-state index in [0.29, 0.717) is 24.9 Å². The largest absolute Gasteiger partial charge is 0.351 e. The molecule has 23 heavy (non-hydrogen) atoms. The first-order valence-corrected chi connectivity index (χ1v) is 8.14. The molecule has 2 aromatic rings. The Balaban J connectivity index is 1.59. The molecule has 1 atom stereocenters. The Hall–Kier alpha value is -1.85. The number of carbonyl (C=O) groups excluding carboxylic acids is 1. The molecule has 1 aliphatic rings. The molecule has 1 saturated heterocycles. The minimum Gasteiger partial charge on any atom is -0.351 e. The quantitative estimate of drug-likeness (QED) is 0.865. The van der Waals surface area contributed by atoms with Crippen molar-refractivity contribution < 1.29 is 9.32 Å². The number of aromatic nitrogens is 1. The third-order valence-corrected chi connectivity index (χ3v) is 4.59. The first kappa shape index (κ1) is 16.0. The number of hydrogen-bond donors (Lipinski definition) is 0. The molecule has 0 spiro atoms. The minimum absolute atomic E-state index is 0.0793. The first-order valence-electron chi connectivity index (χ1n) is 7.76. The highest BCUT2D eigenvalue weighted by molar-refractivity contribution is 6.30. The summed E-state index contributed by atoms with van der Waals surface area (Å²) in [5.41, 5.74) is 1.96. The lowest BCUT2D eigenvalue weighted by Crippen LogP contribution is -2.49. The molecular weight excluding hydrogens is 314 g/mol. The smallest absolute Gasteiger partial charge is 0.292 e. The predicted molar refractivity (Wildman–Crippen MR) is 88.6 cm³/mol. The lowest BCUT2D eigenvalue weighted by atomic mass is 10.1. The van der Waals surface area contributed by atoms with Crippen LogP contribution in [-0.4, -0.2) is 47.0 Å². The zero-order valence-electron chi connectivity index (χ0n) is 13.3. The summed E-state index contributed by atoms with van der Waals surface area (Å²) in [6.07, 6.45) is 0. The molecular formula is C17H20ClN3O2. The summed E-state index contributed by atoms with van der Waals surface area (Å²) in [5.74, 6) is 0.242. The molecule has 0 unspecified atom stereocenters. The van der Waals surface area contributed by atoms with E-state index >= 15 is 0 Å². The summed E-state index contributed by atoms with van der Waals surface area (Å²) in [7, 11) is 0. The lowest BCUT2D eigenvalue weighted by molar-refractivity contribution is 0.0544. The third kappa shape index (κ3) is 3.57. The number of nitrogens with zero attached hydrogens (tertiary/aromatic N) is 3. The molecule has 0 bridgehead atoms. The normalized spacial score (nSPS) is 17.3. The second-order valence-corrected chi connectivity index (χ2v) is 6.32. The topological polar surface area (TPSA) is 49.6 Å². The molecule has 0 radical (unpaired) electrons. The highest BCUT2D eigenvalue weighted by Gasteiger charge is 2.27. The number of amides is 1. The van der Waals surface area contributed by atoms with Crippen molar-refractivity contribution >= 4 is 17.5 Å². The summed E-state index contributed by atoms with van der Waals surface area (Å²) < 4.78 is 5.07. The fourth-order valence-corrected chi connectivity index (χ4v) is 3.01. The van der Waals surface area contributed by atoms with Gasteiger partial charge < -0.3 is 9.42 Å². The predicted octanol–water partition coefficient (Wildman–Crippen LogP) is 3.16. The van der Waals surface area contributed by atoms with E-state index in [0.717, 1.165) is 23.8 Å². The maximum Gasteiger partial charge on any atom is 0.292 e. The number of rotatable bonds is 3. The molecule has 1 fully saturated rings. The van der Waals surface area contributed by atoms with Gasteiger partial charge in [0.25, 0.3) is 5.91 Å². The van der Waals surface area contributed by atoms with Crippen LogP contribution in [0, 0.1) is 6.92 Å². The molecule has 0 aliphatic carbocycles. The summed E-state index contributed by atoms with van der Waals surface area (Å²) in [4.78, 5) is 16.6. The molecule has 122 valence electrons. The summed E-state index contributed by atoms with van der Waals surface area (Å²) in [5, 5.41) is 4.53. The number of benzene rings is 1. The van der Waals surface area contributed by atoms with Gasteiger partial charge in [0.1, 0.15) is 0 Å². The van der Waals surface area contributed by atoms with Gasteiger partial charge >= 0.3 is 0 Å². The van der Waals surface area contributed by atoms with Crippen LogP contribution in [-0.2, 0) is 0 Å². The van der Waals surface area contributed by atoms with Crippen LogP contribution < -0.4 is 0 Å². The van der Waals surface area contributed by atoms with Crippen molar-refractivity contribution in [3.63, 3.8) is 0 Å². The SMILES string of the molecule is Cc1cc(C(=O)N2CCN([C@H](C)c3ccc(Cl)cc3)CC2)on1. The van der Waals surface area contributed by atoms with Crippen molar-refractivity contribution in [1.82, 2.24) is 15.0 Å². The van der Waals surface area contributed by atoms with Crippen LogP contribution in [0.3, 0.4) is 0 Å². The second-order valence-electron chi connectivity index (χ2n) is 5.89. The molecule has 0 N–H and O–H groups in total. The molecule has 5 nitrogen and oxygen atoms in total. The van der Waals surface area contributed by atoms with Gasteiger partial charge in [-0.25, -0.2) is 0 Å². The Morgan fingerprint density at radius 1 is 1.22 bits per heavy atom. The standard InChI is InChI=1S/C17H20ClN3O2/c1-12-11-16(23-19-12)17(22)21-9-7-20(8-10-21)13(2)14-3-5-15(18)6-4-14/h3-6,11,13H,7-10H2,1-2H3/t13-/m1/s1. The number of halogens is 1. The van der Waals surface area contributed by atoms with E-state index in [1.54, 1.807) is 6.07 Å². The molecule has 6 heteroatoms. The molecule has 3 rings (SSSR count). The zero-order chi connectivity index (χ0) is 16.4. The van der Waals surface area contributed by atoms with E-state index in [9.17, 15) is 4.79 Å². The van der Waals surface area contributed by atoms with Gasteiger partial charge in [-0.15, -0.1) is 0 Å². The van der Waals surface area contributed by atoms with E-state index in [4.69, 9.17) is 16.1 Å². The number of hydrogen-bond acceptors (Lipinski definition) is 4. The van der Waals surface area contributed by atoms with Crippen LogP contribution in [0.1, 0.15) is 34.8 Å². The van der Waals surface area contributed by atoms with Crippen molar-refractivity contribution in [3.8, 4) is 0 Å². The Morgan fingerprint density at radius 3 is 2.43 bits per heavy atom. The Labute approximate surface area is 140 Å². The fourth-order valence-electron chi connectivity index (χ4n) is 2.88. The number of carbonyl (C=O) groups is 1. The summed E-state index contributed by atoms with van der Waals surface area (Å²) in [6, 6.07) is 9.94. The van der Waals surface area contributed by atoms with Gasteiger partial charge in [0.15, 0.2) is 0 Å². The van der Waals surface area contributed by atoms with Crippen LogP contribution in [0.2, 0.25) is 5.02 Å². The lowest BCUT2D eigenvalue weighted by Gasteiger charge is -2.37. The van der Waals surface area contributed by atoms with Gasteiger partial charge in [-0.1, -0.05) is 28.9 Å². The van der Waals surface area contributed by atoms with E-state index in [1.807, 2.05) is 24.0 Å². The van der Waals surface area contributed by atoms with Gasteiger partial charge in [0.05, 0.1) is 5.69 Å². The Morgan fingerprint density at radius 2 is 1.87 bits per heavy atom. The zero-order valence-corrected chi connectivity index (χ0v) is 14.1. The summed E-state index contributed by atoms with van der Waals surface area (Å²) >= 11 is 5.94. The van der Waals surface area contributed by atoms with E-state index in [2.05, 4.69) is 29.1 Å². The van der Waals surface area contributed by atoms with Crippen LogP contribution in [0.15, 0.2) is 34.9 Å². The fraction of sp³-hybridized carbons (Fsp3) is 0.412. The maximum absolute atomic E-state index is 12.4. The average Bonchev–Trinajstić information content (AvgIpc) is 3.01. The van der Waals surface area contributed by atoms with Crippen LogP contribution >= 0.6 is 11.6 Å². The van der Waals surface area contributed by atoms with Crippen LogP contribution in [0.4, 0.5) is 0 Å². The molecule has 0 saturated carbocycles. The van der Waals surface area contributed by atoms with Gasteiger partial charge in [0.2, 0.25) is 5.76 Å². The van der Waals surface area contributed by atoms with Crippen molar-refractivity contribution in [3.05, 3.63) is 52.4 Å². The second kappa shape index (κ2) is 6.72. The maximum atomic E-state index is 12.4. The minimum atomic E-state index is -0.0793. The van der Waals surface area contributed by atoms with Crippen molar-refractivity contribution in [2.24, 2.45) is 0 Å². The van der Waals surface area contributed by atoms with Crippen molar-refractivity contribution in [2.45, 2.75) is 19.9 Å². The number of aryl methyl sites for hydroxylation is 1. The van der Waals surface area contributed by atoms with E-state index in [1.165, 1.54) is 5.56 Å². The molecule has 2 heterocycles. The average molecular weight is 334 g/mol.